The zero-order valence-electron chi connectivity index (χ0n) is 10.3. The highest BCUT2D eigenvalue weighted by Gasteiger charge is 2.39. The van der Waals surface area contributed by atoms with Gasteiger partial charge in [0.1, 0.15) is 0 Å². The van der Waals surface area contributed by atoms with Crippen LogP contribution in [0.4, 0.5) is 0 Å². The van der Waals surface area contributed by atoms with Crippen LogP contribution in [0.3, 0.4) is 0 Å². The summed E-state index contributed by atoms with van der Waals surface area (Å²) < 4.78 is 0. The highest BCUT2D eigenvalue weighted by Crippen LogP contribution is 2.48. The van der Waals surface area contributed by atoms with E-state index >= 15 is 0 Å². The van der Waals surface area contributed by atoms with E-state index in [1.165, 1.54) is 32.4 Å². The van der Waals surface area contributed by atoms with Crippen LogP contribution in [0, 0.1) is 17.8 Å². The summed E-state index contributed by atoms with van der Waals surface area (Å²) in [5.74, 6) is 3.20. The van der Waals surface area contributed by atoms with Crippen molar-refractivity contribution in [2.75, 3.05) is 33.2 Å². The second-order valence-corrected chi connectivity index (χ2v) is 5.55. The lowest BCUT2D eigenvalue weighted by Gasteiger charge is -2.27. The third kappa shape index (κ3) is 2.94. The monoisotopic (exact) mass is 210 g/mol. The van der Waals surface area contributed by atoms with E-state index < -0.39 is 0 Å². The van der Waals surface area contributed by atoms with E-state index in [0.717, 1.165) is 30.8 Å². The quantitative estimate of drug-likeness (QED) is 0.674. The number of likely N-dealkylation sites (N-methyl/N-ethyl adjacent to an activating group) is 2. The van der Waals surface area contributed by atoms with E-state index in [0.29, 0.717) is 0 Å². The minimum absolute atomic E-state index is 1.02. The Hall–Kier alpha value is -0.0800. The zero-order valence-corrected chi connectivity index (χ0v) is 10.3. The van der Waals surface area contributed by atoms with Crippen LogP contribution in [0.2, 0.25) is 0 Å². The molecule has 2 aliphatic carbocycles. The molecule has 0 aromatic heterocycles. The van der Waals surface area contributed by atoms with Crippen molar-refractivity contribution in [3.8, 4) is 0 Å². The second kappa shape index (κ2) is 5.31. The van der Waals surface area contributed by atoms with Gasteiger partial charge in [0, 0.05) is 19.6 Å². The van der Waals surface area contributed by atoms with Gasteiger partial charge in [0.05, 0.1) is 0 Å². The Morgan fingerprint density at radius 1 is 1.27 bits per heavy atom. The highest BCUT2D eigenvalue weighted by molar-refractivity contribution is 4.90. The van der Waals surface area contributed by atoms with Gasteiger partial charge in [-0.3, -0.25) is 0 Å². The van der Waals surface area contributed by atoms with Crippen LogP contribution in [0.25, 0.3) is 0 Å². The molecule has 0 aromatic carbocycles. The molecule has 2 heteroatoms. The van der Waals surface area contributed by atoms with Crippen molar-refractivity contribution in [2.24, 2.45) is 17.8 Å². The predicted octanol–water partition coefficient (Wildman–Crippen LogP) is 1.96. The minimum atomic E-state index is 1.02. The van der Waals surface area contributed by atoms with E-state index in [1.54, 1.807) is 6.42 Å². The van der Waals surface area contributed by atoms with E-state index in [2.05, 4.69) is 24.2 Å². The zero-order chi connectivity index (χ0) is 10.7. The van der Waals surface area contributed by atoms with Gasteiger partial charge in [-0.05, 0) is 50.6 Å². The first kappa shape index (κ1) is 11.4. The summed E-state index contributed by atoms with van der Waals surface area (Å²) >= 11 is 0. The summed E-state index contributed by atoms with van der Waals surface area (Å²) in [6.45, 7) is 6.97. The predicted molar refractivity (Wildman–Crippen MR) is 65.0 cm³/mol. The fourth-order valence-corrected chi connectivity index (χ4v) is 3.54. The van der Waals surface area contributed by atoms with Gasteiger partial charge in [-0.25, -0.2) is 0 Å². The first-order valence-corrected chi connectivity index (χ1v) is 6.68. The minimum Gasteiger partial charge on any atom is -0.316 e. The van der Waals surface area contributed by atoms with E-state index in [-0.39, 0.29) is 0 Å². The average Bonchev–Trinajstić information content (AvgIpc) is 2.79. The second-order valence-electron chi connectivity index (χ2n) is 5.55. The molecule has 2 aliphatic rings. The topological polar surface area (TPSA) is 15.3 Å². The van der Waals surface area contributed by atoms with Crippen molar-refractivity contribution >= 4 is 0 Å². The van der Waals surface area contributed by atoms with Gasteiger partial charge in [-0.1, -0.05) is 13.3 Å². The summed E-state index contributed by atoms with van der Waals surface area (Å²) in [5.41, 5.74) is 0. The lowest BCUT2D eigenvalue weighted by Crippen LogP contribution is -2.34. The van der Waals surface area contributed by atoms with Crippen molar-refractivity contribution in [3.63, 3.8) is 0 Å². The van der Waals surface area contributed by atoms with Crippen molar-refractivity contribution in [1.29, 1.82) is 0 Å². The Balaban J connectivity index is 1.64. The van der Waals surface area contributed by atoms with Gasteiger partial charge in [-0.15, -0.1) is 0 Å². The lowest BCUT2D eigenvalue weighted by atomic mass is 9.88. The SMILES string of the molecule is CCNCCN(C)CC1CC2CCC1C2. The first-order valence-electron chi connectivity index (χ1n) is 6.68. The summed E-state index contributed by atoms with van der Waals surface area (Å²) in [6, 6.07) is 0. The molecule has 2 rings (SSSR count). The molecular formula is C13H26N2. The number of rotatable bonds is 6. The van der Waals surface area contributed by atoms with Gasteiger partial charge in [0.15, 0.2) is 0 Å². The van der Waals surface area contributed by atoms with Gasteiger partial charge in [0.2, 0.25) is 0 Å². The molecule has 2 nitrogen and oxygen atoms in total. The normalized spacial score (nSPS) is 34.2. The molecule has 1 N–H and O–H groups in total. The maximum absolute atomic E-state index is 3.40. The molecule has 0 aliphatic heterocycles. The maximum atomic E-state index is 3.40. The standard InChI is InChI=1S/C13H26N2/c1-3-14-6-7-15(2)10-13-9-11-4-5-12(13)8-11/h11-14H,3-10H2,1-2H3. The van der Waals surface area contributed by atoms with Crippen LogP contribution >= 0.6 is 0 Å². The Morgan fingerprint density at radius 3 is 2.73 bits per heavy atom. The summed E-state index contributed by atoms with van der Waals surface area (Å²) in [5, 5.41) is 3.40. The fraction of sp³-hybridized carbons (Fsp3) is 1.00. The Labute approximate surface area is 94.4 Å². The molecule has 0 radical (unpaired) electrons. The Bertz CT molecular complexity index is 193. The molecule has 2 saturated carbocycles. The largest absolute Gasteiger partial charge is 0.316 e. The lowest BCUT2D eigenvalue weighted by molar-refractivity contribution is 0.220. The Morgan fingerprint density at radius 2 is 2.13 bits per heavy atom. The van der Waals surface area contributed by atoms with E-state index in [1.807, 2.05) is 0 Å². The maximum Gasteiger partial charge on any atom is 0.0104 e. The molecule has 0 aromatic rings. The van der Waals surface area contributed by atoms with Crippen molar-refractivity contribution < 1.29 is 0 Å². The van der Waals surface area contributed by atoms with Crippen LogP contribution in [-0.4, -0.2) is 38.1 Å². The molecule has 2 bridgehead atoms. The molecule has 0 heterocycles. The number of fused-ring (bicyclic) bond motifs is 2. The van der Waals surface area contributed by atoms with Gasteiger partial charge >= 0.3 is 0 Å². The van der Waals surface area contributed by atoms with Crippen LogP contribution in [-0.2, 0) is 0 Å². The molecular weight excluding hydrogens is 184 g/mol. The van der Waals surface area contributed by atoms with Crippen LogP contribution in [0.5, 0.6) is 0 Å². The van der Waals surface area contributed by atoms with Gasteiger partial charge in [-0.2, -0.15) is 0 Å². The molecule has 3 unspecified atom stereocenters. The van der Waals surface area contributed by atoms with Crippen LogP contribution in [0.1, 0.15) is 32.6 Å². The molecule has 2 fully saturated rings. The fourth-order valence-electron chi connectivity index (χ4n) is 3.54. The molecule has 0 saturated heterocycles. The third-order valence-corrected chi connectivity index (χ3v) is 4.35. The summed E-state index contributed by atoms with van der Waals surface area (Å²) in [4.78, 5) is 2.52. The van der Waals surface area contributed by atoms with Crippen LogP contribution in [0.15, 0.2) is 0 Å². The van der Waals surface area contributed by atoms with Crippen molar-refractivity contribution in [1.82, 2.24) is 10.2 Å². The molecule has 0 spiro atoms. The Kier molecular flexibility index (Phi) is 4.04. The number of hydrogen-bond acceptors (Lipinski definition) is 2. The summed E-state index contributed by atoms with van der Waals surface area (Å²) in [6.07, 6.45) is 6.13. The van der Waals surface area contributed by atoms with Crippen molar-refractivity contribution in [2.45, 2.75) is 32.6 Å². The van der Waals surface area contributed by atoms with E-state index in [9.17, 15) is 0 Å². The number of nitrogens with zero attached hydrogens (tertiary/aromatic N) is 1. The number of nitrogens with one attached hydrogen (secondary N) is 1. The van der Waals surface area contributed by atoms with Gasteiger partial charge < -0.3 is 10.2 Å². The molecule has 88 valence electrons. The van der Waals surface area contributed by atoms with Gasteiger partial charge in [0.25, 0.3) is 0 Å². The summed E-state index contributed by atoms with van der Waals surface area (Å²) in [7, 11) is 2.28. The third-order valence-electron chi connectivity index (χ3n) is 4.35. The molecule has 0 amide bonds. The van der Waals surface area contributed by atoms with E-state index in [4.69, 9.17) is 0 Å². The number of hydrogen-bond donors (Lipinski definition) is 1. The van der Waals surface area contributed by atoms with Crippen molar-refractivity contribution in [3.05, 3.63) is 0 Å². The van der Waals surface area contributed by atoms with Crippen LogP contribution < -0.4 is 5.32 Å². The average molecular weight is 210 g/mol. The molecule has 15 heavy (non-hydrogen) atoms. The smallest absolute Gasteiger partial charge is 0.0104 e. The first-order chi connectivity index (χ1) is 7.29. The molecule has 3 atom stereocenters. The highest BCUT2D eigenvalue weighted by atomic mass is 15.1.